The summed E-state index contributed by atoms with van der Waals surface area (Å²) in [5.41, 5.74) is -0.252. The minimum atomic E-state index is -1.48. The van der Waals surface area contributed by atoms with Gasteiger partial charge in [-0.2, -0.15) is 0 Å². The van der Waals surface area contributed by atoms with E-state index in [9.17, 15) is 9.59 Å². The molecule has 0 bridgehead atoms. The van der Waals surface area contributed by atoms with Crippen molar-refractivity contribution in [3.63, 3.8) is 0 Å². The first kappa shape index (κ1) is 20.3. The van der Waals surface area contributed by atoms with Crippen LogP contribution < -0.4 is 5.32 Å². The standard InChI is InChI=1S/C22H22N2O5/c1-3-28-22(17-10-6-4-7-11-17,18-12-8-5-9-13-18)21(26)27-15-20(25)23-19-14-16(2)29-24-19/h4-14H,3,15H2,1-2H3,(H,23,24,25). The molecule has 0 saturated heterocycles. The van der Waals surface area contributed by atoms with Crippen molar-refractivity contribution in [1.29, 1.82) is 0 Å². The summed E-state index contributed by atoms with van der Waals surface area (Å²) >= 11 is 0. The molecule has 0 unspecified atom stereocenters. The Hall–Kier alpha value is -3.45. The van der Waals surface area contributed by atoms with E-state index >= 15 is 0 Å². The fourth-order valence-corrected chi connectivity index (χ4v) is 3.03. The third-order valence-electron chi connectivity index (χ3n) is 4.24. The topological polar surface area (TPSA) is 90.7 Å². The molecule has 0 aliphatic heterocycles. The molecule has 2 aromatic carbocycles. The van der Waals surface area contributed by atoms with Crippen molar-refractivity contribution in [3.8, 4) is 0 Å². The maximum atomic E-state index is 13.3. The lowest BCUT2D eigenvalue weighted by molar-refractivity contribution is -0.169. The number of carbonyl (C=O) groups excluding carboxylic acids is 2. The van der Waals surface area contributed by atoms with Gasteiger partial charge in [-0.05, 0) is 25.0 Å². The third-order valence-corrected chi connectivity index (χ3v) is 4.24. The first-order valence-corrected chi connectivity index (χ1v) is 9.21. The van der Waals surface area contributed by atoms with E-state index in [4.69, 9.17) is 14.0 Å². The summed E-state index contributed by atoms with van der Waals surface area (Å²) in [6, 6.07) is 19.7. The van der Waals surface area contributed by atoms with Gasteiger partial charge in [-0.3, -0.25) is 4.79 Å². The number of aryl methyl sites for hydroxylation is 1. The highest BCUT2D eigenvalue weighted by Crippen LogP contribution is 2.35. The number of aromatic nitrogens is 1. The molecule has 1 heterocycles. The quantitative estimate of drug-likeness (QED) is 0.589. The molecule has 0 atom stereocenters. The molecular weight excluding hydrogens is 372 g/mol. The van der Waals surface area contributed by atoms with Crippen LogP contribution >= 0.6 is 0 Å². The average Bonchev–Trinajstić information content (AvgIpc) is 3.16. The highest BCUT2D eigenvalue weighted by atomic mass is 16.6. The lowest BCUT2D eigenvalue weighted by atomic mass is 9.86. The SMILES string of the molecule is CCOC(C(=O)OCC(=O)Nc1cc(C)on1)(c1ccccc1)c1ccccc1. The van der Waals surface area contributed by atoms with Crippen LogP contribution in [0.25, 0.3) is 0 Å². The number of esters is 1. The summed E-state index contributed by atoms with van der Waals surface area (Å²) in [6.07, 6.45) is 0. The first-order valence-electron chi connectivity index (χ1n) is 9.21. The van der Waals surface area contributed by atoms with E-state index in [-0.39, 0.29) is 12.4 Å². The molecule has 0 saturated carbocycles. The van der Waals surface area contributed by atoms with Crippen molar-refractivity contribution in [3.05, 3.63) is 83.6 Å². The third kappa shape index (κ3) is 4.52. The molecule has 0 aliphatic rings. The van der Waals surface area contributed by atoms with Crippen LogP contribution in [-0.4, -0.2) is 30.2 Å². The summed E-state index contributed by atoms with van der Waals surface area (Å²) in [7, 11) is 0. The number of carbonyl (C=O) groups is 2. The molecule has 0 radical (unpaired) electrons. The number of rotatable bonds is 8. The Balaban J connectivity index is 1.85. The van der Waals surface area contributed by atoms with Crippen molar-refractivity contribution in [2.24, 2.45) is 0 Å². The van der Waals surface area contributed by atoms with Crippen molar-refractivity contribution in [2.45, 2.75) is 19.4 Å². The number of nitrogens with zero attached hydrogens (tertiary/aromatic N) is 1. The van der Waals surface area contributed by atoms with Gasteiger partial charge in [0.15, 0.2) is 12.4 Å². The van der Waals surface area contributed by atoms with Crippen LogP contribution in [0.15, 0.2) is 71.3 Å². The summed E-state index contributed by atoms with van der Waals surface area (Å²) in [5, 5.41) is 6.20. The number of hydrogen-bond acceptors (Lipinski definition) is 6. The Morgan fingerprint density at radius 1 is 1.03 bits per heavy atom. The lowest BCUT2D eigenvalue weighted by Crippen LogP contribution is -2.42. The van der Waals surface area contributed by atoms with Crippen molar-refractivity contribution in [1.82, 2.24) is 5.16 Å². The van der Waals surface area contributed by atoms with Gasteiger partial charge in [0, 0.05) is 12.7 Å². The molecule has 0 fully saturated rings. The van der Waals surface area contributed by atoms with Gasteiger partial charge in [0.1, 0.15) is 5.76 Å². The summed E-state index contributed by atoms with van der Waals surface area (Å²) < 4.78 is 16.3. The number of amides is 1. The highest BCUT2D eigenvalue weighted by Gasteiger charge is 2.45. The lowest BCUT2D eigenvalue weighted by Gasteiger charge is -2.32. The normalized spacial score (nSPS) is 11.1. The van der Waals surface area contributed by atoms with Gasteiger partial charge < -0.3 is 19.3 Å². The van der Waals surface area contributed by atoms with E-state index in [1.165, 1.54) is 0 Å². The van der Waals surface area contributed by atoms with Crippen LogP contribution in [-0.2, 0) is 24.7 Å². The Bertz CT molecular complexity index is 914. The van der Waals surface area contributed by atoms with Crippen molar-refractivity contribution >= 4 is 17.7 Å². The molecular formula is C22H22N2O5. The molecule has 7 heteroatoms. The van der Waals surface area contributed by atoms with E-state index in [2.05, 4.69) is 10.5 Å². The fourth-order valence-electron chi connectivity index (χ4n) is 3.03. The Kier molecular flexibility index (Phi) is 6.41. The van der Waals surface area contributed by atoms with Crippen molar-refractivity contribution < 1.29 is 23.6 Å². The zero-order valence-electron chi connectivity index (χ0n) is 16.3. The van der Waals surface area contributed by atoms with E-state index in [0.717, 1.165) is 0 Å². The average molecular weight is 394 g/mol. The maximum absolute atomic E-state index is 13.3. The van der Waals surface area contributed by atoms with Crippen LogP contribution in [0, 0.1) is 6.92 Å². The van der Waals surface area contributed by atoms with Crippen LogP contribution in [0.4, 0.5) is 5.82 Å². The molecule has 150 valence electrons. The zero-order chi connectivity index (χ0) is 20.7. The van der Waals surface area contributed by atoms with Gasteiger partial charge in [0.05, 0.1) is 0 Å². The minimum Gasteiger partial charge on any atom is -0.453 e. The van der Waals surface area contributed by atoms with Gasteiger partial charge in [-0.1, -0.05) is 65.8 Å². The maximum Gasteiger partial charge on any atom is 0.348 e. The fraction of sp³-hybridized carbons (Fsp3) is 0.227. The molecule has 3 rings (SSSR count). The predicted octanol–water partition coefficient (Wildman–Crippen LogP) is 3.45. The van der Waals surface area contributed by atoms with E-state index in [1.54, 1.807) is 44.2 Å². The minimum absolute atomic E-state index is 0.255. The van der Waals surface area contributed by atoms with Crippen LogP contribution in [0.3, 0.4) is 0 Å². The van der Waals surface area contributed by atoms with Gasteiger partial charge in [-0.15, -0.1) is 0 Å². The second kappa shape index (κ2) is 9.16. The van der Waals surface area contributed by atoms with E-state index in [1.807, 2.05) is 36.4 Å². The number of anilines is 1. The second-order valence-electron chi connectivity index (χ2n) is 6.29. The summed E-state index contributed by atoms with van der Waals surface area (Å²) in [6.45, 7) is 3.29. The zero-order valence-corrected chi connectivity index (χ0v) is 16.3. The van der Waals surface area contributed by atoms with Crippen LogP contribution in [0.2, 0.25) is 0 Å². The smallest absolute Gasteiger partial charge is 0.348 e. The molecule has 29 heavy (non-hydrogen) atoms. The summed E-state index contributed by atoms with van der Waals surface area (Å²) in [4.78, 5) is 25.4. The highest BCUT2D eigenvalue weighted by molar-refractivity contribution is 5.93. The Morgan fingerprint density at radius 2 is 1.62 bits per heavy atom. The number of ether oxygens (including phenoxy) is 2. The van der Waals surface area contributed by atoms with Crippen LogP contribution in [0.5, 0.6) is 0 Å². The largest absolute Gasteiger partial charge is 0.453 e. The number of hydrogen-bond donors (Lipinski definition) is 1. The monoisotopic (exact) mass is 394 g/mol. The number of nitrogens with one attached hydrogen (secondary N) is 1. The summed E-state index contributed by atoms with van der Waals surface area (Å²) in [5.74, 6) is -0.395. The molecule has 7 nitrogen and oxygen atoms in total. The molecule has 3 aromatic rings. The van der Waals surface area contributed by atoms with Gasteiger partial charge in [-0.25, -0.2) is 4.79 Å². The number of benzene rings is 2. The van der Waals surface area contributed by atoms with E-state index < -0.39 is 24.1 Å². The molecule has 0 aliphatic carbocycles. The van der Waals surface area contributed by atoms with Crippen LogP contribution in [0.1, 0.15) is 23.8 Å². The molecule has 1 aromatic heterocycles. The van der Waals surface area contributed by atoms with Crippen molar-refractivity contribution in [2.75, 3.05) is 18.5 Å². The second-order valence-corrected chi connectivity index (χ2v) is 6.29. The Morgan fingerprint density at radius 3 is 2.10 bits per heavy atom. The van der Waals surface area contributed by atoms with Gasteiger partial charge in [0.25, 0.3) is 5.91 Å². The van der Waals surface area contributed by atoms with Gasteiger partial charge >= 0.3 is 5.97 Å². The van der Waals surface area contributed by atoms with Gasteiger partial charge in [0.2, 0.25) is 5.60 Å². The predicted molar refractivity (Wildman–Crippen MR) is 106 cm³/mol. The molecule has 1 amide bonds. The first-order chi connectivity index (χ1) is 14.1. The van der Waals surface area contributed by atoms with E-state index in [0.29, 0.717) is 16.9 Å². The Labute approximate surface area is 168 Å². The molecule has 1 N–H and O–H groups in total. The molecule has 0 spiro atoms.